The summed E-state index contributed by atoms with van der Waals surface area (Å²) in [5.74, 6) is 0.265. The Hall–Kier alpha value is -3.15. The van der Waals surface area contributed by atoms with Gasteiger partial charge in [-0.05, 0) is 35.4 Å². The van der Waals surface area contributed by atoms with Gasteiger partial charge in [-0.1, -0.05) is 54.6 Å². The minimum absolute atomic E-state index is 0.142. The molecule has 3 N–H and O–H groups in total. The first-order valence-electron chi connectivity index (χ1n) is 8.16. The second-order valence-electron chi connectivity index (χ2n) is 5.73. The summed E-state index contributed by atoms with van der Waals surface area (Å²) in [4.78, 5) is 12.0. The van der Waals surface area contributed by atoms with E-state index in [-0.39, 0.29) is 12.5 Å². The number of nitrogens with one attached hydrogen (secondary N) is 1. The molecular weight excluding hydrogens is 330 g/mol. The van der Waals surface area contributed by atoms with Crippen molar-refractivity contribution in [1.29, 1.82) is 0 Å². The lowest BCUT2D eigenvalue weighted by Gasteiger charge is -2.10. The molecule has 0 radical (unpaired) electrons. The summed E-state index contributed by atoms with van der Waals surface area (Å²) >= 11 is 0. The molecule has 1 amide bonds. The first-order valence-corrected chi connectivity index (χ1v) is 8.16. The highest BCUT2D eigenvalue weighted by atomic mass is 16.5. The van der Waals surface area contributed by atoms with Crippen molar-refractivity contribution in [3.8, 4) is 16.9 Å². The van der Waals surface area contributed by atoms with Crippen molar-refractivity contribution < 1.29 is 19.7 Å². The molecule has 0 heterocycles. The van der Waals surface area contributed by atoms with E-state index in [9.17, 15) is 4.79 Å². The molecule has 0 aliphatic rings. The standard InChI is InChI=1S/C21H19NO4/c23-20(22-18-8-4-7-17(13-18)21(24)25)14-26-19-11-9-16(10-12-19)15-5-2-1-3-6-15/h1-13,21,24-25H,14H2,(H,22,23). The zero-order valence-corrected chi connectivity index (χ0v) is 14.0. The Bertz CT molecular complexity index is 861. The molecule has 0 spiro atoms. The van der Waals surface area contributed by atoms with E-state index in [0.717, 1.165) is 11.1 Å². The molecule has 0 saturated carbocycles. The first kappa shape index (κ1) is 17.7. The van der Waals surface area contributed by atoms with Crippen LogP contribution in [0, 0.1) is 0 Å². The number of rotatable bonds is 6. The fourth-order valence-corrected chi connectivity index (χ4v) is 2.50. The predicted molar refractivity (Wildman–Crippen MR) is 99.6 cm³/mol. The van der Waals surface area contributed by atoms with E-state index in [4.69, 9.17) is 14.9 Å². The first-order chi connectivity index (χ1) is 12.6. The van der Waals surface area contributed by atoms with Crippen molar-refractivity contribution in [2.75, 3.05) is 11.9 Å². The second kappa shape index (κ2) is 8.29. The molecule has 0 bridgehead atoms. The van der Waals surface area contributed by atoms with Gasteiger partial charge in [0.1, 0.15) is 5.75 Å². The Morgan fingerprint density at radius 1 is 0.885 bits per heavy atom. The average molecular weight is 349 g/mol. The molecule has 0 aliphatic heterocycles. The molecule has 3 aromatic carbocycles. The van der Waals surface area contributed by atoms with E-state index in [1.807, 2.05) is 54.6 Å². The topological polar surface area (TPSA) is 78.8 Å². The number of carbonyl (C=O) groups is 1. The van der Waals surface area contributed by atoms with Gasteiger partial charge < -0.3 is 20.3 Å². The Morgan fingerprint density at radius 3 is 2.27 bits per heavy atom. The summed E-state index contributed by atoms with van der Waals surface area (Å²) in [7, 11) is 0. The van der Waals surface area contributed by atoms with Crippen LogP contribution in [0.3, 0.4) is 0 Å². The maximum atomic E-state index is 12.0. The Morgan fingerprint density at radius 2 is 1.58 bits per heavy atom. The van der Waals surface area contributed by atoms with E-state index in [0.29, 0.717) is 17.0 Å². The number of aliphatic hydroxyl groups is 2. The van der Waals surface area contributed by atoms with Crippen LogP contribution in [-0.4, -0.2) is 22.7 Å². The molecule has 5 nitrogen and oxygen atoms in total. The molecule has 0 fully saturated rings. The number of carbonyl (C=O) groups excluding carboxylic acids is 1. The molecule has 0 aliphatic carbocycles. The molecule has 132 valence electrons. The molecule has 3 aromatic rings. The van der Waals surface area contributed by atoms with Gasteiger partial charge in [-0.25, -0.2) is 0 Å². The minimum atomic E-state index is -1.58. The molecule has 0 aromatic heterocycles. The van der Waals surface area contributed by atoms with Gasteiger partial charge in [-0.3, -0.25) is 4.79 Å². The average Bonchev–Trinajstić information content (AvgIpc) is 2.68. The van der Waals surface area contributed by atoms with Crippen LogP contribution >= 0.6 is 0 Å². The van der Waals surface area contributed by atoms with Crippen LogP contribution in [0.1, 0.15) is 11.9 Å². The van der Waals surface area contributed by atoms with Crippen molar-refractivity contribution in [3.63, 3.8) is 0 Å². The maximum absolute atomic E-state index is 12.0. The van der Waals surface area contributed by atoms with Gasteiger partial charge in [0.15, 0.2) is 12.9 Å². The van der Waals surface area contributed by atoms with Crippen molar-refractivity contribution >= 4 is 11.6 Å². The summed E-state index contributed by atoms with van der Waals surface area (Å²) in [6.07, 6.45) is -1.58. The van der Waals surface area contributed by atoms with E-state index in [1.54, 1.807) is 18.2 Å². The summed E-state index contributed by atoms with van der Waals surface area (Å²) in [6, 6.07) is 23.9. The van der Waals surface area contributed by atoms with E-state index in [1.165, 1.54) is 6.07 Å². The van der Waals surface area contributed by atoms with Crippen molar-refractivity contribution in [3.05, 3.63) is 84.4 Å². The molecule has 0 atom stereocenters. The Kier molecular flexibility index (Phi) is 5.63. The molecule has 3 rings (SSSR count). The molecule has 5 heteroatoms. The van der Waals surface area contributed by atoms with Crippen LogP contribution in [0.4, 0.5) is 5.69 Å². The molecule has 0 unspecified atom stereocenters. The van der Waals surface area contributed by atoms with Gasteiger partial charge in [-0.15, -0.1) is 0 Å². The number of aliphatic hydroxyl groups excluding tert-OH is 1. The van der Waals surface area contributed by atoms with Crippen LogP contribution in [0.5, 0.6) is 5.75 Å². The second-order valence-corrected chi connectivity index (χ2v) is 5.73. The predicted octanol–water partition coefficient (Wildman–Crippen LogP) is 3.35. The third-order valence-electron chi connectivity index (χ3n) is 3.80. The third-order valence-corrected chi connectivity index (χ3v) is 3.80. The SMILES string of the molecule is O=C(COc1ccc(-c2ccccc2)cc1)Nc1cccc(C(O)O)c1. The van der Waals surface area contributed by atoms with Gasteiger partial charge >= 0.3 is 0 Å². The molecular formula is C21H19NO4. The highest BCUT2D eigenvalue weighted by Gasteiger charge is 2.07. The van der Waals surface area contributed by atoms with Gasteiger partial charge in [0.25, 0.3) is 5.91 Å². The van der Waals surface area contributed by atoms with E-state index >= 15 is 0 Å². The van der Waals surface area contributed by atoms with Gasteiger partial charge in [0, 0.05) is 11.3 Å². The van der Waals surface area contributed by atoms with Gasteiger partial charge in [0.05, 0.1) is 0 Å². The zero-order valence-electron chi connectivity index (χ0n) is 14.0. The van der Waals surface area contributed by atoms with Gasteiger partial charge in [0.2, 0.25) is 0 Å². The Labute approximate surface area is 151 Å². The third kappa shape index (κ3) is 4.69. The Balaban J connectivity index is 1.55. The normalized spacial score (nSPS) is 10.6. The number of hydrogen-bond acceptors (Lipinski definition) is 4. The highest BCUT2D eigenvalue weighted by Crippen LogP contribution is 2.22. The smallest absolute Gasteiger partial charge is 0.262 e. The lowest BCUT2D eigenvalue weighted by Crippen LogP contribution is -2.20. The minimum Gasteiger partial charge on any atom is -0.484 e. The van der Waals surface area contributed by atoms with Crippen LogP contribution in [-0.2, 0) is 4.79 Å². The van der Waals surface area contributed by atoms with Crippen LogP contribution in [0.15, 0.2) is 78.9 Å². The summed E-state index contributed by atoms with van der Waals surface area (Å²) in [6.45, 7) is -0.142. The molecule has 0 saturated heterocycles. The summed E-state index contributed by atoms with van der Waals surface area (Å²) in [5, 5.41) is 21.0. The van der Waals surface area contributed by atoms with Crippen LogP contribution in [0.25, 0.3) is 11.1 Å². The maximum Gasteiger partial charge on any atom is 0.262 e. The number of benzene rings is 3. The fraction of sp³-hybridized carbons (Fsp3) is 0.0952. The number of hydrogen-bond donors (Lipinski definition) is 3. The summed E-state index contributed by atoms with van der Waals surface area (Å²) < 4.78 is 5.50. The van der Waals surface area contributed by atoms with Crippen molar-refractivity contribution in [2.24, 2.45) is 0 Å². The highest BCUT2D eigenvalue weighted by molar-refractivity contribution is 5.91. The van der Waals surface area contributed by atoms with Gasteiger partial charge in [-0.2, -0.15) is 0 Å². The van der Waals surface area contributed by atoms with E-state index in [2.05, 4.69) is 5.32 Å². The van der Waals surface area contributed by atoms with Crippen molar-refractivity contribution in [2.45, 2.75) is 6.29 Å². The fourth-order valence-electron chi connectivity index (χ4n) is 2.50. The lowest BCUT2D eigenvalue weighted by atomic mass is 10.1. The molecule has 26 heavy (non-hydrogen) atoms. The quantitative estimate of drug-likeness (QED) is 0.596. The van der Waals surface area contributed by atoms with Crippen LogP contribution in [0.2, 0.25) is 0 Å². The van der Waals surface area contributed by atoms with E-state index < -0.39 is 6.29 Å². The number of anilines is 1. The number of amides is 1. The monoisotopic (exact) mass is 349 g/mol. The van der Waals surface area contributed by atoms with Crippen LogP contribution < -0.4 is 10.1 Å². The summed E-state index contributed by atoms with van der Waals surface area (Å²) in [5.41, 5.74) is 2.97. The largest absolute Gasteiger partial charge is 0.484 e. The zero-order chi connectivity index (χ0) is 18.4. The number of ether oxygens (including phenoxy) is 1. The lowest BCUT2D eigenvalue weighted by molar-refractivity contribution is -0.118. The van der Waals surface area contributed by atoms with Crippen molar-refractivity contribution in [1.82, 2.24) is 0 Å².